The summed E-state index contributed by atoms with van der Waals surface area (Å²) in [5, 5.41) is 0. The maximum absolute atomic E-state index is 13.8. The fourth-order valence-corrected chi connectivity index (χ4v) is 6.08. The van der Waals surface area contributed by atoms with Crippen LogP contribution in [-0.2, 0) is 22.7 Å². The van der Waals surface area contributed by atoms with Crippen molar-refractivity contribution in [1.29, 1.82) is 0 Å². The fourth-order valence-electron chi connectivity index (χ4n) is 6.08. The zero-order valence-electron chi connectivity index (χ0n) is 24.4. The molecule has 2 aliphatic rings. The summed E-state index contributed by atoms with van der Waals surface area (Å²) >= 11 is 0. The Hall–Kier alpha value is -3.55. The van der Waals surface area contributed by atoms with Crippen molar-refractivity contribution < 1.29 is 9.59 Å². The molecule has 0 unspecified atom stereocenters. The lowest BCUT2D eigenvalue weighted by atomic mass is 10.0. The molecule has 3 aromatic rings. The third-order valence-electron chi connectivity index (χ3n) is 8.31. The van der Waals surface area contributed by atoms with Gasteiger partial charge in [-0.05, 0) is 85.8 Å². The molecule has 0 aliphatic carbocycles. The smallest absolute Gasteiger partial charge is 0.223 e. The summed E-state index contributed by atoms with van der Waals surface area (Å²) in [5.41, 5.74) is 5.24. The Balaban J connectivity index is 1.42. The van der Waals surface area contributed by atoms with Gasteiger partial charge >= 0.3 is 0 Å². The topological polar surface area (TPSA) is 60.0 Å². The van der Waals surface area contributed by atoms with Crippen LogP contribution in [0.25, 0.3) is 11.1 Å². The summed E-state index contributed by atoms with van der Waals surface area (Å²) in [5.74, 6) is 0.216. The lowest BCUT2D eigenvalue weighted by Gasteiger charge is -2.29. The van der Waals surface area contributed by atoms with Crippen LogP contribution in [0.4, 0.5) is 5.69 Å². The Morgan fingerprint density at radius 2 is 1.61 bits per heavy atom. The van der Waals surface area contributed by atoms with Gasteiger partial charge in [-0.3, -0.25) is 19.5 Å². The molecule has 7 nitrogen and oxygen atoms in total. The summed E-state index contributed by atoms with van der Waals surface area (Å²) in [4.78, 5) is 39.8. The second-order valence-corrected chi connectivity index (χ2v) is 11.3. The molecule has 216 valence electrons. The highest BCUT2D eigenvalue weighted by atomic mass is 16.2. The summed E-state index contributed by atoms with van der Waals surface area (Å²) in [6, 6.07) is 20.7. The summed E-state index contributed by atoms with van der Waals surface area (Å²) in [7, 11) is 0. The zero-order valence-corrected chi connectivity index (χ0v) is 24.4. The van der Waals surface area contributed by atoms with E-state index in [2.05, 4.69) is 57.2 Å². The van der Waals surface area contributed by atoms with E-state index >= 15 is 0 Å². The van der Waals surface area contributed by atoms with Crippen molar-refractivity contribution in [3.63, 3.8) is 0 Å². The van der Waals surface area contributed by atoms with Gasteiger partial charge in [0.15, 0.2) is 0 Å². The molecule has 1 saturated heterocycles. The van der Waals surface area contributed by atoms with Crippen LogP contribution in [0.5, 0.6) is 0 Å². The molecule has 0 radical (unpaired) electrons. The molecule has 3 heterocycles. The van der Waals surface area contributed by atoms with Crippen LogP contribution in [0.3, 0.4) is 0 Å². The molecule has 0 atom stereocenters. The van der Waals surface area contributed by atoms with Crippen LogP contribution in [-0.4, -0.2) is 77.3 Å². The number of nitrogens with zero attached hydrogens (tertiary/aromatic N) is 5. The Bertz CT molecular complexity index is 1280. The number of fused-ring (bicyclic) bond motifs is 1. The number of carbonyl (C=O) groups is 2. The van der Waals surface area contributed by atoms with Crippen molar-refractivity contribution in [1.82, 2.24) is 19.7 Å². The maximum atomic E-state index is 13.8. The van der Waals surface area contributed by atoms with E-state index in [0.29, 0.717) is 26.1 Å². The van der Waals surface area contributed by atoms with Gasteiger partial charge in [0, 0.05) is 70.7 Å². The first-order valence-corrected chi connectivity index (χ1v) is 15.1. The van der Waals surface area contributed by atoms with Crippen molar-refractivity contribution in [2.24, 2.45) is 0 Å². The van der Waals surface area contributed by atoms with Crippen LogP contribution < -0.4 is 4.90 Å². The molecule has 0 N–H and O–H groups in total. The highest BCUT2D eigenvalue weighted by Gasteiger charge is 2.23. The monoisotopic (exact) mass is 553 g/mol. The van der Waals surface area contributed by atoms with Crippen molar-refractivity contribution in [3.8, 4) is 11.1 Å². The number of pyridine rings is 1. The molecule has 2 amide bonds. The first kappa shape index (κ1) is 29.0. The van der Waals surface area contributed by atoms with Crippen LogP contribution in [0.2, 0.25) is 0 Å². The van der Waals surface area contributed by atoms with E-state index < -0.39 is 0 Å². The van der Waals surface area contributed by atoms with E-state index in [1.165, 1.54) is 18.4 Å². The van der Waals surface area contributed by atoms with Gasteiger partial charge < -0.3 is 14.7 Å². The molecule has 1 aromatic heterocycles. The molecule has 2 aromatic carbocycles. The maximum Gasteiger partial charge on any atom is 0.223 e. The van der Waals surface area contributed by atoms with E-state index in [9.17, 15) is 9.59 Å². The predicted molar refractivity (Wildman–Crippen MR) is 164 cm³/mol. The highest BCUT2D eigenvalue weighted by Crippen LogP contribution is 2.30. The fraction of sp³-hybridized carbons (Fsp3) is 0.441. The predicted octanol–water partition coefficient (Wildman–Crippen LogP) is 5.21. The second kappa shape index (κ2) is 14.4. The van der Waals surface area contributed by atoms with E-state index in [1.54, 1.807) is 13.1 Å². The van der Waals surface area contributed by atoms with Gasteiger partial charge in [0.25, 0.3) is 0 Å². The Labute approximate surface area is 244 Å². The van der Waals surface area contributed by atoms with Crippen molar-refractivity contribution in [3.05, 3.63) is 84.2 Å². The number of anilines is 1. The summed E-state index contributed by atoms with van der Waals surface area (Å²) < 4.78 is 0. The molecule has 41 heavy (non-hydrogen) atoms. The molecular formula is C34H43N5O2. The first-order chi connectivity index (χ1) is 20.1. The highest BCUT2D eigenvalue weighted by molar-refractivity contribution is 5.93. The second-order valence-electron chi connectivity index (χ2n) is 11.3. The average molecular weight is 554 g/mol. The van der Waals surface area contributed by atoms with Gasteiger partial charge in [-0.2, -0.15) is 0 Å². The van der Waals surface area contributed by atoms with Gasteiger partial charge in [0.2, 0.25) is 11.8 Å². The number of benzene rings is 2. The quantitative estimate of drug-likeness (QED) is 0.402. The molecule has 2 aliphatic heterocycles. The SMILES string of the molecule is CC(=O)N1CCCN(Cc2ccccc2)CCN(C(=O)CCCN2CCCC2)Cc2cc(-c3cccnc3)ccc21. The molecule has 0 saturated carbocycles. The molecule has 0 bridgehead atoms. The lowest BCUT2D eigenvalue weighted by Crippen LogP contribution is -2.38. The minimum Gasteiger partial charge on any atom is -0.337 e. The Morgan fingerprint density at radius 1 is 0.805 bits per heavy atom. The standard InChI is InChI=1S/C34H43N5O2/c1-28(40)39-21-9-20-37(26-29-10-3-2-4-11-29)22-23-38(34(41)13-8-19-36-17-5-6-18-36)27-32-24-30(14-15-33(32)39)31-12-7-16-35-25-31/h2-4,7,10-12,14-16,24-25H,5-6,8-9,13,17-23,26-27H2,1H3. The summed E-state index contributed by atoms with van der Waals surface area (Å²) in [6.45, 7) is 9.19. The van der Waals surface area contributed by atoms with Crippen molar-refractivity contribution in [2.75, 3.05) is 50.7 Å². The Morgan fingerprint density at radius 3 is 2.37 bits per heavy atom. The molecule has 7 heteroatoms. The third-order valence-corrected chi connectivity index (χ3v) is 8.31. The summed E-state index contributed by atoms with van der Waals surface area (Å²) in [6.07, 6.45) is 8.45. The normalized spacial score (nSPS) is 17.2. The number of hydrogen-bond acceptors (Lipinski definition) is 5. The van der Waals surface area contributed by atoms with Crippen LogP contribution in [0.15, 0.2) is 73.1 Å². The van der Waals surface area contributed by atoms with Crippen LogP contribution >= 0.6 is 0 Å². The van der Waals surface area contributed by atoms with Gasteiger partial charge in [-0.15, -0.1) is 0 Å². The van der Waals surface area contributed by atoms with E-state index in [1.807, 2.05) is 34.2 Å². The minimum absolute atomic E-state index is 0.0257. The zero-order chi connectivity index (χ0) is 28.4. The third kappa shape index (κ3) is 8.02. The number of amides is 2. The first-order valence-electron chi connectivity index (χ1n) is 15.1. The number of likely N-dealkylation sites (tertiary alicyclic amines) is 1. The van der Waals surface area contributed by atoms with Gasteiger partial charge in [-0.25, -0.2) is 0 Å². The van der Waals surface area contributed by atoms with Crippen LogP contribution in [0, 0.1) is 0 Å². The molecular weight excluding hydrogens is 510 g/mol. The lowest BCUT2D eigenvalue weighted by molar-refractivity contribution is -0.132. The molecule has 5 rings (SSSR count). The molecule has 0 spiro atoms. The van der Waals surface area contributed by atoms with Crippen molar-refractivity contribution in [2.45, 2.75) is 52.1 Å². The average Bonchev–Trinajstić information content (AvgIpc) is 3.50. The van der Waals surface area contributed by atoms with Gasteiger partial charge in [-0.1, -0.05) is 42.5 Å². The van der Waals surface area contributed by atoms with E-state index in [-0.39, 0.29) is 11.8 Å². The van der Waals surface area contributed by atoms with E-state index in [4.69, 9.17) is 0 Å². The van der Waals surface area contributed by atoms with Crippen molar-refractivity contribution >= 4 is 17.5 Å². The van der Waals surface area contributed by atoms with Gasteiger partial charge in [0.1, 0.15) is 0 Å². The number of aromatic nitrogens is 1. The van der Waals surface area contributed by atoms with Crippen LogP contribution in [0.1, 0.15) is 50.2 Å². The number of rotatable bonds is 7. The van der Waals surface area contributed by atoms with Gasteiger partial charge in [0.05, 0.1) is 0 Å². The molecule has 1 fully saturated rings. The van der Waals surface area contributed by atoms with E-state index in [0.717, 1.165) is 74.5 Å². The minimum atomic E-state index is 0.0257. The largest absolute Gasteiger partial charge is 0.337 e. The Kier molecular flexibility index (Phi) is 10.2. The number of hydrogen-bond donors (Lipinski definition) is 0. The number of carbonyl (C=O) groups excluding carboxylic acids is 2.